The van der Waals surface area contributed by atoms with Crippen LogP contribution in [0.3, 0.4) is 0 Å². The molecule has 0 amide bonds. The third-order valence-electron chi connectivity index (χ3n) is 2.35. The molecular weight excluding hydrogens is 218 g/mol. The lowest BCUT2D eigenvalue weighted by Gasteiger charge is -2.16. The Hall–Kier alpha value is -2.08. The van der Waals surface area contributed by atoms with E-state index in [0.717, 1.165) is 5.69 Å². The van der Waals surface area contributed by atoms with Crippen LogP contribution in [0.5, 0.6) is 5.88 Å². The standard InChI is InChI=1S/C11H13N5O/c1-12-9(8-3-4-13-7-16-8)10-11(17-2)15-6-5-14-10/h3-7,9,12H,1-2H3. The van der Waals surface area contributed by atoms with Gasteiger partial charge in [-0.2, -0.15) is 0 Å². The molecule has 0 spiro atoms. The first-order valence-corrected chi connectivity index (χ1v) is 5.15. The van der Waals surface area contributed by atoms with Gasteiger partial charge in [0, 0.05) is 18.6 Å². The predicted octanol–water partition coefficient (Wildman–Crippen LogP) is 0.584. The molecule has 0 bridgehead atoms. The molecule has 2 aromatic rings. The zero-order chi connectivity index (χ0) is 12.1. The number of nitrogens with one attached hydrogen (secondary N) is 1. The van der Waals surface area contributed by atoms with Gasteiger partial charge in [-0.3, -0.25) is 4.98 Å². The Morgan fingerprint density at radius 1 is 1.18 bits per heavy atom. The zero-order valence-electron chi connectivity index (χ0n) is 9.66. The van der Waals surface area contributed by atoms with Crippen molar-refractivity contribution in [3.63, 3.8) is 0 Å². The first kappa shape index (κ1) is 11.4. The van der Waals surface area contributed by atoms with Crippen LogP contribution >= 0.6 is 0 Å². The van der Waals surface area contributed by atoms with Crippen LogP contribution in [0.2, 0.25) is 0 Å². The summed E-state index contributed by atoms with van der Waals surface area (Å²) in [5.74, 6) is 0.491. The molecule has 6 heteroatoms. The third-order valence-corrected chi connectivity index (χ3v) is 2.35. The SMILES string of the molecule is CNC(c1ccncn1)c1nccnc1OC. The Balaban J connectivity index is 2.42. The van der Waals surface area contributed by atoms with E-state index in [1.54, 1.807) is 25.7 Å². The van der Waals surface area contributed by atoms with E-state index in [1.165, 1.54) is 6.33 Å². The molecule has 17 heavy (non-hydrogen) atoms. The average molecular weight is 231 g/mol. The fraction of sp³-hybridized carbons (Fsp3) is 0.273. The lowest BCUT2D eigenvalue weighted by Crippen LogP contribution is -2.21. The Kier molecular flexibility index (Phi) is 3.56. The summed E-state index contributed by atoms with van der Waals surface area (Å²) in [7, 11) is 3.40. The van der Waals surface area contributed by atoms with Crippen molar-refractivity contribution in [1.82, 2.24) is 25.3 Å². The molecule has 1 atom stereocenters. The number of hydrogen-bond donors (Lipinski definition) is 1. The van der Waals surface area contributed by atoms with E-state index in [-0.39, 0.29) is 6.04 Å². The summed E-state index contributed by atoms with van der Waals surface area (Å²) in [5, 5.41) is 3.14. The smallest absolute Gasteiger partial charge is 0.237 e. The molecule has 0 fully saturated rings. The summed E-state index contributed by atoms with van der Waals surface area (Å²) in [6.07, 6.45) is 6.41. The van der Waals surface area contributed by atoms with E-state index in [2.05, 4.69) is 25.3 Å². The molecule has 0 aliphatic carbocycles. The fourth-order valence-electron chi connectivity index (χ4n) is 1.59. The van der Waals surface area contributed by atoms with Gasteiger partial charge in [0.25, 0.3) is 0 Å². The van der Waals surface area contributed by atoms with Gasteiger partial charge in [-0.15, -0.1) is 0 Å². The van der Waals surface area contributed by atoms with Crippen molar-refractivity contribution >= 4 is 0 Å². The van der Waals surface area contributed by atoms with Gasteiger partial charge in [-0.25, -0.2) is 15.0 Å². The second-order valence-corrected chi connectivity index (χ2v) is 3.31. The molecule has 0 radical (unpaired) electrons. The van der Waals surface area contributed by atoms with Crippen LogP contribution in [-0.4, -0.2) is 34.1 Å². The van der Waals surface area contributed by atoms with Crippen LogP contribution in [-0.2, 0) is 0 Å². The number of hydrogen-bond acceptors (Lipinski definition) is 6. The van der Waals surface area contributed by atoms with Gasteiger partial charge in [-0.1, -0.05) is 0 Å². The van der Waals surface area contributed by atoms with Crippen LogP contribution in [0.1, 0.15) is 17.4 Å². The number of ether oxygens (including phenoxy) is 1. The number of methoxy groups -OCH3 is 1. The van der Waals surface area contributed by atoms with Crippen LogP contribution in [0.15, 0.2) is 31.0 Å². The molecule has 0 aromatic carbocycles. The highest BCUT2D eigenvalue weighted by Gasteiger charge is 2.19. The van der Waals surface area contributed by atoms with Crippen molar-refractivity contribution in [2.45, 2.75) is 6.04 Å². The molecule has 0 aliphatic heterocycles. The second-order valence-electron chi connectivity index (χ2n) is 3.31. The van der Waals surface area contributed by atoms with Crippen molar-refractivity contribution in [2.24, 2.45) is 0 Å². The van der Waals surface area contributed by atoms with E-state index in [1.807, 2.05) is 13.1 Å². The van der Waals surface area contributed by atoms with Crippen LogP contribution < -0.4 is 10.1 Å². The molecule has 2 aromatic heterocycles. The van der Waals surface area contributed by atoms with Crippen LogP contribution in [0.4, 0.5) is 0 Å². The lowest BCUT2D eigenvalue weighted by molar-refractivity contribution is 0.383. The van der Waals surface area contributed by atoms with E-state index < -0.39 is 0 Å². The maximum absolute atomic E-state index is 5.19. The maximum Gasteiger partial charge on any atom is 0.237 e. The van der Waals surface area contributed by atoms with Gasteiger partial charge in [0.05, 0.1) is 18.8 Å². The summed E-state index contributed by atoms with van der Waals surface area (Å²) in [5.41, 5.74) is 1.53. The quantitative estimate of drug-likeness (QED) is 0.830. The Morgan fingerprint density at radius 3 is 2.65 bits per heavy atom. The number of aromatic nitrogens is 4. The Morgan fingerprint density at radius 2 is 2.00 bits per heavy atom. The van der Waals surface area contributed by atoms with Gasteiger partial charge in [0.1, 0.15) is 12.0 Å². The first-order valence-electron chi connectivity index (χ1n) is 5.15. The van der Waals surface area contributed by atoms with Gasteiger partial charge in [-0.05, 0) is 13.1 Å². The molecule has 0 saturated heterocycles. The zero-order valence-corrected chi connectivity index (χ0v) is 9.66. The minimum atomic E-state index is -0.165. The van der Waals surface area contributed by atoms with Gasteiger partial charge in [0.15, 0.2) is 0 Å². The van der Waals surface area contributed by atoms with Gasteiger partial charge in [0.2, 0.25) is 5.88 Å². The molecule has 0 saturated carbocycles. The predicted molar refractivity (Wildman–Crippen MR) is 61.5 cm³/mol. The minimum Gasteiger partial charge on any atom is -0.480 e. The van der Waals surface area contributed by atoms with Crippen molar-refractivity contribution in [2.75, 3.05) is 14.2 Å². The van der Waals surface area contributed by atoms with Crippen LogP contribution in [0, 0.1) is 0 Å². The number of rotatable bonds is 4. The topological polar surface area (TPSA) is 72.8 Å². The Labute approximate surface area is 99.1 Å². The highest BCUT2D eigenvalue weighted by molar-refractivity contribution is 5.28. The fourth-order valence-corrected chi connectivity index (χ4v) is 1.59. The highest BCUT2D eigenvalue weighted by Crippen LogP contribution is 2.23. The van der Waals surface area contributed by atoms with Crippen LogP contribution in [0.25, 0.3) is 0 Å². The Bertz CT molecular complexity index is 476. The minimum absolute atomic E-state index is 0.165. The molecule has 6 nitrogen and oxygen atoms in total. The lowest BCUT2D eigenvalue weighted by atomic mass is 10.1. The van der Waals surface area contributed by atoms with E-state index >= 15 is 0 Å². The maximum atomic E-state index is 5.19. The average Bonchev–Trinajstić information content (AvgIpc) is 2.41. The molecule has 1 unspecified atom stereocenters. The van der Waals surface area contributed by atoms with Crippen molar-refractivity contribution in [3.8, 4) is 5.88 Å². The molecule has 2 rings (SSSR count). The largest absolute Gasteiger partial charge is 0.480 e. The monoisotopic (exact) mass is 231 g/mol. The number of nitrogens with zero attached hydrogens (tertiary/aromatic N) is 4. The summed E-state index contributed by atoms with van der Waals surface area (Å²) in [4.78, 5) is 16.5. The second kappa shape index (κ2) is 5.31. The van der Waals surface area contributed by atoms with Crippen molar-refractivity contribution in [1.29, 1.82) is 0 Å². The van der Waals surface area contributed by atoms with Gasteiger partial charge >= 0.3 is 0 Å². The van der Waals surface area contributed by atoms with Gasteiger partial charge < -0.3 is 10.1 Å². The summed E-state index contributed by atoms with van der Waals surface area (Å²) in [6, 6.07) is 1.66. The summed E-state index contributed by atoms with van der Waals surface area (Å²) < 4.78 is 5.19. The molecule has 88 valence electrons. The molecule has 2 heterocycles. The molecule has 0 aliphatic rings. The van der Waals surface area contributed by atoms with Crippen molar-refractivity contribution in [3.05, 3.63) is 42.4 Å². The van der Waals surface area contributed by atoms with E-state index in [9.17, 15) is 0 Å². The normalized spacial score (nSPS) is 12.1. The third kappa shape index (κ3) is 2.36. The van der Waals surface area contributed by atoms with Crippen molar-refractivity contribution < 1.29 is 4.74 Å². The summed E-state index contributed by atoms with van der Waals surface area (Å²) >= 11 is 0. The van der Waals surface area contributed by atoms with E-state index in [4.69, 9.17) is 4.74 Å². The molecule has 1 N–H and O–H groups in total. The summed E-state index contributed by atoms with van der Waals surface area (Å²) in [6.45, 7) is 0. The first-order chi connectivity index (χ1) is 8.36. The molecular formula is C11H13N5O. The van der Waals surface area contributed by atoms with E-state index in [0.29, 0.717) is 11.6 Å². The highest BCUT2D eigenvalue weighted by atomic mass is 16.5.